The Hall–Kier alpha value is -8.78. The third kappa shape index (κ3) is 5.95. The number of nitrogens with zero attached hydrogens (tertiary/aromatic N) is 1. The predicted octanol–water partition coefficient (Wildman–Crippen LogP) is 17.9. The molecular formula is C71H51N. The second-order valence-electron chi connectivity index (χ2n) is 20.3. The van der Waals surface area contributed by atoms with Gasteiger partial charge in [0.25, 0.3) is 0 Å². The lowest BCUT2D eigenvalue weighted by molar-refractivity contribution is 0.660. The van der Waals surface area contributed by atoms with E-state index in [1.165, 1.54) is 100 Å². The number of hydrogen-bond acceptors (Lipinski definition) is 1. The summed E-state index contributed by atoms with van der Waals surface area (Å²) in [7, 11) is 0. The van der Waals surface area contributed by atoms with Crippen LogP contribution in [0.4, 0.5) is 17.1 Å². The van der Waals surface area contributed by atoms with E-state index in [0.29, 0.717) is 0 Å². The molecule has 0 heterocycles. The summed E-state index contributed by atoms with van der Waals surface area (Å²) < 4.78 is 0. The Kier molecular flexibility index (Phi) is 9.44. The van der Waals surface area contributed by atoms with E-state index in [1.807, 2.05) is 0 Å². The summed E-state index contributed by atoms with van der Waals surface area (Å²) in [4.78, 5) is 2.49. The highest BCUT2D eigenvalue weighted by molar-refractivity contribution is 5.92. The molecule has 340 valence electrons. The van der Waals surface area contributed by atoms with Crippen LogP contribution in [0.1, 0.15) is 69.5 Å². The van der Waals surface area contributed by atoms with E-state index in [1.54, 1.807) is 0 Å². The Bertz CT molecular complexity index is 3790. The van der Waals surface area contributed by atoms with Gasteiger partial charge in [0.15, 0.2) is 0 Å². The van der Waals surface area contributed by atoms with E-state index < -0.39 is 10.8 Å². The first-order valence-electron chi connectivity index (χ1n) is 25.3. The molecule has 0 aliphatic heterocycles. The van der Waals surface area contributed by atoms with Gasteiger partial charge in [-0.2, -0.15) is 0 Å². The Labute approximate surface area is 423 Å². The van der Waals surface area contributed by atoms with Crippen molar-refractivity contribution in [3.05, 3.63) is 329 Å². The molecule has 11 aromatic rings. The number of hydrogen-bond donors (Lipinski definition) is 0. The van der Waals surface area contributed by atoms with E-state index >= 15 is 0 Å². The highest BCUT2D eigenvalue weighted by Crippen LogP contribution is 2.59. The van der Waals surface area contributed by atoms with Crippen LogP contribution in [0.2, 0.25) is 0 Å². The van der Waals surface area contributed by atoms with Crippen LogP contribution >= 0.6 is 0 Å². The van der Waals surface area contributed by atoms with E-state index in [9.17, 15) is 0 Å². The summed E-state index contributed by atoms with van der Waals surface area (Å²) in [6.45, 7) is 4.75. The number of rotatable bonds is 8. The summed E-state index contributed by atoms with van der Waals surface area (Å²) in [5.41, 5.74) is 25.4. The number of anilines is 3. The van der Waals surface area contributed by atoms with Crippen LogP contribution in [0.3, 0.4) is 0 Å². The Morgan fingerprint density at radius 3 is 1.10 bits per heavy atom. The predicted molar refractivity (Wildman–Crippen MR) is 299 cm³/mol. The third-order valence-corrected chi connectivity index (χ3v) is 16.4. The summed E-state index contributed by atoms with van der Waals surface area (Å²) in [6.07, 6.45) is 0. The van der Waals surface area contributed by atoms with E-state index in [0.717, 1.165) is 17.1 Å². The van der Waals surface area contributed by atoms with Gasteiger partial charge in [-0.1, -0.05) is 244 Å². The molecule has 3 aliphatic carbocycles. The van der Waals surface area contributed by atoms with Crippen LogP contribution < -0.4 is 4.90 Å². The molecule has 72 heavy (non-hydrogen) atoms. The zero-order valence-corrected chi connectivity index (χ0v) is 40.4. The van der Waals surface area contributed by atoms with E-state index in [-0.39, 0.29) is 5.41 Å². The third-order valence-electron chi connectivity index (χ3n) is 16.4. The van der Waals surface area contributed by atoms with Crippen molar-refractivity contribution < 1.29 is 0 Å². The molecule has 0 radical (unpaired) electrons. The Balaban J connectivity index is 0.941. The van der Waals surface area contributed by atoms with Crippen molar-refractivity contribution in [2.75, 3.05) is 4.90 Å². The normalized spacial score (nSPS) is 14.6. The van der Waals surface area contributed by atoms with Crippen LogP contribution in [0.15, 0.2) is 273 Å². The standard InChI is InChI=1S/C71H51N/c1-69(2)63-32-18-15-29-57(63)60-42-40-55(46-67(60)69)72(56-41-43-61-58-30-16-19-33-64(58)71(68(61)47-56,52-25-11-5-12-26-52)53-27-13-6-14-28-53)54-38-35-48(36-39-54)49-37-44-66-62(45-49)59-31-17-20-34-65(59)70(66,50-21-7-3-8-22-50)51-23-9-4-10-24-51/h3-47H,1-2H3. The zero-order chi connectivity index (χ0) is 48.0. The molecule has 0 amide bonds. The maximum Gasteiger partial charge on any atom is 0.0714 e. The van der Waals surface area contributed by atoms with Crippen LogP contribution in [0.25, 0.3) is 44.5 Å². The van der Waals surface area contributed by atoms with Gasteiger partial charge in [0.1, 0.15) is 0 Å². The molecule has 0 saturated heterocycles. The minimum Gasteiger partial charge on any atom is -0.310 e. The van der Waals surface area contributed by atoms with Crippen LogP contribution in [-0.2, 0) is 16.2 Å². The molecule has 0 saturated carbocycles. The molecule has 3 aliphatic rings. The highest BCUT2D eigenvalue weighted by Gasteiger charge is 2.48. The largest absolute Gasteiger partial charge is 0.310 e. The first-order chi connectivity index (χ1) is 35.5. The number of benzene rings is 11. The van der Waals surface area contributed by atoms with Crippen molar-refractivity contribution in [1.29, 1.82) is 0 Å². The van der Waals surface area contributed by atoms with Gasteiger partial charge in [-0.25, -0.2) is 0 Å². The van der Waals surface area contributed by atoms with Crippen molar-refractivity contribution >= 4 is 17.1 Å². The lowest BCUT2D eigenvalue weighted by Crippen LogP contribution is -2.28. The summed E-state index contributed by atoms with van der Waals surface area (Å²) >= 11 is 0. The lowest BCUT2D eigenvalue weighted by atomic mass is 9.67. The fourth-order valence-corrected chi connectivity index (χ4v) is 13.3. The van der Waals surface area contributed by atoms with Crippen molar-refractivity contribution in [3.63, 3.8) is 0 Å². The molecule has 0 unspecified atom stereocenters. The van der Waals surface area contributed by atoms with Crippen molar-refractivity contribution in [3.8, 4) is 44.5 Å². The minimum atomic E-state index is -0.521. The monoisotopic (exact) mass is 917 g/mol. The van der Waals surface area contributed by atoms with Gasteiger partial charge >= 0.3 is 0 Å². The topological polar surface area (TPSA) is 3.24 Å². The maximum atomic E-state index is 2.49. The first kappa shape index (κ1) is 42.1. The zero-order valence-electron chi connectivity index (χ0n) is 40.4. The van der Waals surface area contributed by atoms with Gasteiger partial charge in [-0.05, 0) is 143 Å². The lowest BCUT2D eigenvalue weighted by Gasteiger charge is -2.35. The fraction of sp³-hybridized carbons (Fsp3) is 0.0704. The van der Waals surface area contributed by atoms with Gasteiger partial charge in [-0.3, -0.25) is 0 Å². The maximum absolute atomic E-state index is 2.49. The molecular weight excluding hydrogens is 867 g/mol. The molecule has 14 rings (SSSR count). The summed E-state index contributed by atoms with van der Waals surface area (Å²) in [5.74, 6) is 0. The SMILES string of the molecule is CC1(C)c2ccccc2-c2ccc(N(c3ccc(-c4ccc5c(c4)-c4ccccc4C5(c4ccccc4)c4ccccc4)cc3)c3ccc4c(c3)C(c3ccccc3)(c3ccccc3)c3ccccc3-4)cc21. The molecule has 0 bridgehead atoms. The van der Waals surface area contributed by atoms with Crippen molar-refractivity contribution in [2.24, 2.45) is 0 Å². The second-order valence-corrected chi connectivity index (χ2v) is 20.3. The van der Waals surface area contributed by atoms with E-state index in [2.05, 4.69) is 292 Å². The minimum absolute atomic E-state index is 0.155. The quantitative estimate of drug-likeness (QED) is 0.147. The molecule has 0 aromatic heterocycles. The van der Waals surface area contributed by atoms with Crippen LogP contribution in [0.5, 0.6) is 0 Å². The van der Waals surface area contributed by atoms with Crippen LogP contribution in [-0.4, -0.2) is 0 Å². The van der Waals surface area contributed by atoms with Crippen molar-refractivity contribution in [1.82, 2.24) is 0 Å². The average Bonchev–Trinajstić information content (AvgIpc) is 4.01. The summed E-state index contributed by atoms with van der Waals surface area (Å²) in [5, 5.41) is 0. The average molecular weight is 918 g/mol. The fourth-order valence-electron chi connectivity index (χ4n) is 13.3. The first-order valence-corrected chi connectivity index (χ1v) is 25.3. The molecule has 1 nitrogen and oxygen atoms in total. The smallest absolute Gasteiger partial charge is 0.0714 e. The van der Waals surface area contributed by atoms with Gasteiger partial charge < -0.3 is 4.90 Å². The Morgan fingerprint density at radius 2 is 0.583 bits per heavy atom. The second kappa shape index (κ2) is 16.1. The van der Waals surface area contributed by atoms with Gasteiger partial charge in [0.2, 0.25) is 0 Å². The van der Waals surface area contributed by atoms with Crippen molar-refractivity contribution in [2.45, 2.75) is 30.1 Å². The molecule has 0 atom stereocenters. The van der Waals surface area contributed by atoms with E-state index in [4.69, 9.17) is 0 Å². The molecule has 0 N–H and O–H groups in total. The summed E-state index contributed by atoms with van der Waals surface area (Å²) in [6, 6.07) is 102. The van der Waals surface area contributed by atoms with Crippen LogP contribution in [0, 0.1) is 0 Å². The van der Waals surface area contributed by atoms with Gasteiger partial charge in [0, 0.05) is 22.5 Å². The van der Waals surface area contributed by atoms with Gasteiger partial charge in [-0.15, -0.1) is 0 Å². The molecule has 1 heteroatoms. The molecule has 11 aromatic carbocycles. The Morgan fingerprint density at radius 1 is 0.236 bits per heavy atom. The molecule has 0 spiro atoms. The van der Waals surface area contributed by atoms with Gasteiger partial charge in [0.05, 0.1) is 10.8 Å². The molecule has 0 fully saturated rings. The highest BCUT2D eigenvalue weighted by atomic mass is 15.1. The number of fused-ring (bicyclic) bond motifs is 9.